The molecule has 0 saturated heterocycles. The van der Waals surface area contributed by atoms with Crippen LogP contribution in [0.1, 0.15) is 35.4 Å². The van der Waals surface area contributed by atoms with Crippen molar-refractivity contribution in [2.75, 3.05) is 0 Å². The van der Waals surface area contributed by atoms with Crippen LogP contribution in [0, 0.1) is 13.8 Å². The molecule has 2 aromatic heterocycles. The summed E-state index contributed by atoms with van der Waals surface area (Å²) in [5, 5.41) is 3.64. The van der Waals surface area contributed by atoms with Gasteiger partial charge in [-0.3, -0.25) is 14.2 Å². The Hall–Kier alpha value is -1.99. The lowest BCUT2D eigenvalue weighted by Gasteiger charge is -2.14. The summed E-state index contributed by atoms with van der Waals surface area (Å²) in [7, 11) is 0. The van der Waals surface area contributed by atoms with Crippen LogP contribution in [0.4, 0.5) is 0 Å². The highest BCUT2D eigenvalue weighted by Gasteiger charge is 2.14. The van der Waals surface area contributed by atoms with E-state index in [1.54, 1.807) is 0 Å². The van der Waals surface area contributed by atoms with E-state index in [-0.39, 0.29) is 23.9 Å². The monoisotopic (exact) mass is 433 g/mol. The second-order valence-corrected chi connectivity index (χ2v) is 8.42. The molecule has 2 heterocycles. The highest BCUT2D eigenvalue weighted by molar-refractivity contribution is 9.10. The van der Waals surface area contributed by atoms with Crippen molar-refractivity contribution in [2.24, 2.45) is 0 Å². The van der Waals surface area contributed by atoms with E-state index < -0.39 is 0 Å². The molecule has 7 heteroatoms. The fourth-order valence-electron chi connectivity index (χ4n) is 2.80. The molecule has 136 valence electrons. The molecule has 1 N–H and O–H groups in total. The van der Waals surface area contributed by atoms with Crippen LogP contribution in [0.25, 0.3) is 10.2 Å². The third-order valence-corrected chi connectivity index (χ3v) is 6.13. The number of carbonyl (C=O) groups is 1. The number of hydrogen-bond donors (Lipinski definition) is 1. The molecule has 0 spiro atoms. The molecule has 0 fully saturated rings. The minimum Gasteiger partial charge on any atom is -0.350 e. The summed E-state index contributed by atoms with van der Waals surface area (Å²) in [6.45, 7) is 6.18. The third-order valence-electron chi connectivity index (χ3n) is 4.48. The van der Waals surface area contributed by atoms with Crippen molar-refractivity contribution in [1.82, 2.24) is 14.9 Å². The summed E-state index contributed by atoms with van der Waals surface area (Å²) in [5.41, 5.74) is 1.93. The van der Waals surface area contributed by atoms with Crippen LogP contribution in [0.2, 0.25) is 0 Å². The van der Waals surface area contributed by atoms with Gasteiger partial charge in [-0.25, -0.2) is 4.98 Å². The Kier molecular flexibility index (Phi) is 5.58. The molecule has 0 aliphatic carbocycles. The Morgan fingerprint density at radius 2 is 2.00 bits per heavy atom. The zero-order valence-electron chi connectivity index (χ0n) is 14.9. The van der Waals surface area contributed by atoms with Crippen molar-refractivity contribution in [2.45, 2.75) is 39.8 Å². The molecule has 0 radical (unpaired) electrons. The summed E-state index contributed by atoms with van der Waals surface area (Å²) >= 11 is 4.93. The Morgan fingerprint density at radius 3 is 2.69 bits per heavy atom. The molecule has 5 nitrogen and oxygen atoms in total. The number of rotatable bonds is 5. The molecule has 0 bridgehead atoms. The molecule has 0 aliphatic heterocycles. The molecule has 3 rings (SSSR count). The molecule has 1 atom stereocenters. The number of amides is 1. The van der Waals surface area contributed by atoms with Gasteiger partial charge >= 0.3 is 0 Å². The standard InChI is InChI=1S/C19H20BrN3O2S/c1-11-13(3)26-18-17(11)19(25)23(10-21-18)9-8-16(24)22-12(2)14-4-6-15(20)7-5-14/h4-7,10,12H,8-9H2,1-3H3,(H,22,24)/t12-/m1/s1. The van der Waals surface area contributed by atoms with Crippen LogP contribution in [-0.2, 0) is 11.3 Å². The summed E-state index contributed by atoms with van der Waals surface area (Å²) in [6, 6.07) is 7.75. The van der Waals surface area contributed by atoms with Gasteiger partial charge in [0, 0.05) is 22.3 Å². The van der Waals surface area contributed by atoms with Gasteiger partial charge in [0.1, 0.15) is 4.83 Å². The molecular weight excluding hydrogens is 414 g/mol. The summed E-state index contributed by atoms with van der Waals surface area (Å²) < 4.78 is 2.52. The van der Waals surface area contributed by atoms with Crippen molar-refractivity contribution in [1.29, 1.82) is 0 Å². The number of nitrogens with zero attached hydrogens (tertiary/aromatic N) is 2. The molecule has 26 heavy (non-hydrogen) atoms. The summed E-state index contributed by atoms with van der Waals surface area (Å²) in [5.74, 6) is -0.0920. The largest absolute Gasteiger partial charge is 0.350 e. The van der Waals surface area contributed by atoms with Crippen LogP contribution in [-0.4, -0.2) is 15.5 Å². The first-order valence-electron chi connectivity index (χ1n) is 8.36. The maximum atomic E-state index is 12.6. The molecule has 1 aromatic carbocycles. The SMILES string of the molecule is Cc1sc2ncn(CCC(=O)N[C@H](C)c3ccc(Br)cc3)c(=O)c2c1C. The second kappa shape index (κ2) is 7.72. The minimum atomic E-state index is -0.0920. The van der Waals surface area contributed by atoms with E-state index in [0.717, 1.165) is 25.3 Å². The van der Waals surface area contributed by atoms with E-state index >= 15 is 0 Å². The topological polar surface area (TPSA) is 64.0 Å². The van der Waals surface area contributed by atoms with Crippen LogP contribution in [0.3, 0.4) is 0 Å². The van der Waals surface area contributed by atoms with Crippen LogP contribution < -0.4 is 10.9 Å². The quantitative estimate of drug-likeness (QED) is 0.658. The average Bonchev–Trinajstić information content (AvgIpc) is 2.90. The maximum Gasteiger partial charge on any atom is 0.262 e. The minimum absolute atomic E-state index is 0.0781. The lowest BCUT2D eigenvalue weighted by atomic mass is 10.1. The Labute approximate surface area is 164 Å². The van der Waals surface area contributed by atoms with Crippen molar-refractivity contribution in [3.63, 3.8) is 0 Å². The lowest BCUT2D eigenvalue weighted by molar-refractivity contribution is -0.121. The van der Waals surface area contributed by atoms with E-state index in [1.807, 2.05) is 45.0 Å². The fourth-order valence-corrected chi connectivity index (χ4v) is 4.05. The van der Waals surface area contributed by atoms with E-state index in [0.29, 0.717) is 11.9 Å². The van der Waals surface area contributed by atoms with Gasteiger partial charge in [0.2, 0.25) is 5.91 Å². The molecule has 3 aromatic rings. The van der Waals surface area contributed by atoms with Gasteiger partial charge in [0.15, 0.2) is 0 Å². The highest BCUT2D eigenvalue weighted by atomic mass is 79.9. The van der Waals surface area contributed by atoms with Crippen LogP contribution >= 0.6 is 27.3 Å². The lowest BCUT2D eigenvalue weighted by Crippen LogP contribution is -2.29. The van der Waals surface area contributed by atoms with E-state index in [2.05, 4.69) is 26.2 Å². The maximum absolute atomic E-state index is 12.6. The predicted octanol–water partition coefficient (Wildman–Crippen LogP) is 4.10. The number of halogens is 1. The van der Waals surface area contributed by atoms with Crippen LogP contribution in [0.5, 0.6) is 0 Å². The van der Waals surface area contributed by atoms with Crippen molar-refractivity contribution < 1.29 is 4.79 Å². The number of aryl methyl sites for hydroxylation is 3. The number of benzene rings is 1. The van der Waals surface area contributed by atoms with E-state index in [4.69, 9.17) is 0 Å². The summed E-state index contributed by atoms with van der Waals surface area (Å²) in [4.78, 5) is 31.1. The van der Waals surface area contributed by atoms with Gasteiger partial charge in [0.05, 0.1) is 17.8 Å². The Balaban J connectivity index is 1.67. The predicted molar refractivity (Wildman–Crippen MR) is 109 cm³/mol. The van der Waals surface area contributed by atoms with E-state index in [9.17, 15) is 9.59 Å². The molecule has 1 amide bonds. The van der Waals surface area contributed by atoms with Gasteiger partial charge in [-0.15, -0.1) is 11.3 Å². The van der Waals surface area contributed by atoms with Crippen LogP contribution in [0.15, 0.2) is 39.9 Å². The third kappa shape index (κ3) is 3.88. The Morgan fingerprint density at radius 1 is 1.31 bits per heavy atom. The van der Waals surface area contributed by atoms with Crippen molar-refractivity contribution in [3.05, 3.63) is 61.4 Å². The number of fused-ring (bicyclic) bond motifs is 1. The second-order valence-electron chi connectivity index (χ2n) is 6.30. The number of nitrogens with one attached hydrogen (secondary N) is 1. The summed E-state index contributed by atoms with van der Waals surface area (Å²) in [6.07, 6.45) is 1.77. The zero-order valence-corrected chi connectivity index (χ0v) is 17.3. The highest BCUT2D eigenvalue weighted by Crippen LogP contribution is 2.25. The smallest absolute Gasteiger partial charge is 0.262 e. The molecule has 0 aliphatic rings. The molecular formula is C19H20BrN3O2S. The van der Waals surface area contributed by atoms with Gasteiger partial charge < -0.3 is 5.32 Å². The number of thiophene rings is 1. The number of aromatic nitrogens is 2. The zero-order chi connectivity index (χ0) is 18.8. The Bertz CT molecular complexity index is 1010. The van der Waals surface area contributed by atoms with Crippen molar-refractivity contribution >= 4 is 43.4 Å². The number of carbonyl (C=O) groups excluding carboxylic acids is 1. The normalized spacial score (nSPS) is 12.3. The number of hydrogen-bond acceptors (Lipinski definition) is 4. The van der Waals surface area contributed by atoms with Crippen molar-refractivity contribution in [3.8, 4) is 0 Å². The first-order valence-corrected chi connectivity index (χ1v) is 9.97. The first kappa shape index (κ1) is 18.8. The first-order chi connectivity index (χ1) is 12.4. The van der Waals surface area contributed by atoms with Gasteiger partial charge in [0.25, 0.3) is 5.56 Å². The van der Waals surface area contributed by atoms with Gasteiger partial charge in [-0.2, -0.15) is 0 Å². The van der Waals surface area contributed by atoms with E-state index in [1.165, 1.54) is 22.2 Å². The van der Waals surface area contributed by atoms with Gasteiger partial charge in [-0.1, -0.05) is 28.1 Å². The molecule has 0 unspecified atom stereocenters. The van der Waals surface area contributed by atoms with Gasteiger partial charge in [-0.05, 0) is 44.0 Å². The molecule has 0 saturated carbocycles. The average molecular weight is 434 g/mol. The fraction of sp³-hybridized carbons (Fsp3) is 0.316.